The van der Waals surface area contributed by atoms with Crippen LogP contribution < -0.4 is 5.32 Å². The first kappa shape index (κ1) is 14.7. The van der Waals surface area contributed by atoms with E-state index in [0.717, 1.165) is 9.79 Å². The van der Waals surface area contributed by atoms with Crippen molar-refractivity contribution in [1.29, 1.82) is 0 Å². The van der Waals surface area contributed by atoms with E-state index in [1.807, 2.05) is 30.3 Å². The molecule has 1 amide bonds. The van der Waals surface area contributed by atoms with Crippen molar-refractivity contribution < 1.29 is 14.7 Å². The summed E-state index contributed by atoms with van der Waals surface area (Å²) in [5.41, 5.74) is 0.340. The summed E-state index contributed by atoms with van der Waals surface area (Å²) in [6.45, 7) is 0. The Morgan fingerprint density at radius 2 is 1.41 bits per heavy atom. The number of carbonyl (C=O) groups is 2. The van der Waals surface area contributed by atoms with Crippen LogP contribution in [0, 0.1) is 0 Å². The Morgan fingerprint density at radius 3 is 1.95 bits per heavy atom. The minimum atomic E-state index is -1.23. The predicted octanol–water partition coefficient (Wildman–Crippen LogP) is 3.82. The molecular formula is C16H11NO3S2. The van der Waals surface area contributed by atoms with Crippen molar-refractivity contribution >= 4 is 41.1 Å². The highest BCUT2D eigenvalue weighted by Crippen LogP contribution is 2.52. The van der Waals surface area contributed by atoms with Crippen LogP contribution in [0.1, 0.15) is 0 Å². The molecule has 0 bridgehead atoms. The monoisotopic (exact) mass is 329 g/mol. The molecule has 22 heavy (non-hydrogen) atoms. The summed E-state index contributed by atoms with van der Waals surface area (Å²) in [5.74, 6) is -1.84. The number of carboxylic acid groups (broad SMARTS) is 1. The zero-order valence-corrected chi connectivity index (χ0v) is 12.9. The molecule has 0 aliphatic carbocycles. The lowest BCUT2D eigenvalue weighted by Gasteiger charge is -2.07. The van der Waals surface area contributed by atoms with Crippen LogP contribution in [0.15, 0.2) is 74.2 Å². The van der Waals surface area contributed by atoms with Crippen molar-refractivity contribution in [3.8, 4) is 0 Å². The molecule has 110 valence electrons. The van der Waals surface area contributed by atoms with Gasteiger partial charge in [-0.3, -0.25) is 4.79 Å². The molecule has 0 aromatic heterocycles. The van der Waals surface area contributed by atoms with Crippen molar-refractivity contribution in [2.75, 3.05) is 5.32 Å². The third-order valence-electron chi connectivity index (χ3n) is 2.93. The number of carbonyl (C=O) groups excluding carboxylic acids is 1. The van der Waals surface area contributed by atoms with E-state index in [9.17, 15) is 14.7 Å². The first-order chi connectivity index (χ1) is 10.6. The van der Waals surface area contributed by atoms with Gasteiger partial charge in [0, 0.05) is 15.5 Å². The molecule has 1 heterocycles. The third kappa shape index (κ3) is 3.03. The molecule has 0 unspecified atom stereocenters. The topological polar surface area (TPSA) is 66.4 Å². The van der Waals surface area contributed by atoms with E-state index in [-0.39, 0.29) is 5.57 Å². The summed E-state index contributed by atoms with van der Waals surface area (Å²) in [7, 11) is 0. The molecule has 2 aromatic rings. The van der Waals surface area contributed by atoms with Gasteiger partial charge in [-0.15, -0.1) is 0 Å². The van der Waals surface area contributed by atoms with Crippen LogP contribution in [0.5, 0.6) is 0 Å². The summed E-state index contributed by atoms with van der Waals surface area (Å²) in [5, 5.41) is 12.0. The fourth-order valence-electron chi connectivity index (χ4n) is 1.93. The van der Waals surface area contributed by atoms with Gasteiger partial charge in [0.25, 0.3) is 5.91 Å². The number of hydrogen-bond donors (Lipinski definition) is 2. The molecule has 0 saturated carbocycles. The van der Waals surface area contributed by atoms with E-state index >= 15 is 0 Å². The van der Waals surface area contributed by atoms with Crippen molar-refractivity contribution in [3.63, 3.8) is 0 Å². The van der Waals surface area contributed by atoms with Crippen LogP contribution in [0.25, 0.3) is 0 Å². The number of rotatable bonds is 3. The summed E-state index contributed by atoms with van der Waals surface area (Å²) < 4.78 is 0.488. The Bertz CT molecular complexity index is 745. The van der Waals surface area contributed by atoms with Gasteiger partial charge < -0.3 is 10.4 Å². The van der Waals surface area contributed by atoms with E-state index in [1.54, 1.807) is 24.3 Å². The Hall–Kier alpha value is -2.18. The fraction of sp³-hybridized carbons (Fsp3) is 0. The second-order valence-corrected chi connectivity index (χ2v) is 6.80. The number of hydrogen-bond acceptors (Lipinski definition) is 4. The molecule has 0 saturated heterocycles. The number of anilines is 1. The second-order valence-electron chi connectivity index (χ2n) is 4.44. The molecule has 4 nitrogen and oxygen atoms in total. The second kappa shape index (κ2) is 6.29. The lowest BCUT2D eigenvalue weighted by molar-refractivity contribution is -0.134. The standard InChI is InChI=1S/C16H11NO3S2/c18-14(17-10-6-2-1-3-7-10)13(15(19)20)16-21-11-8-4-5-9-12(11)22-16/h1-9H,(H,17,18)(H,19,20). The van der Waals surface area contributed by atoms with Crippen molar-refractivity contribution in [2.24, 2.45) is 0 Å². The highest BCUT2D eigenvalue weighted by molar-refractivity contribution is 8.24. The normalized spacial score (nSPS) is 12.6. The number of thioether (sulfide) groups is 2. The van der Waals surface area contributed by atoms with Crippen LogP contribution in [0.4, 0.5) is 5.69 Å². The first-order valence-electron chi connectivity index (χ1n) is 6.44. The van der Waals surface area contributed by atoms with Gasteiger partial charge in [-0.1, -0.05) is 53.9 Å². The summed E-state index contributed by atoms with van der Waals surface area (Å²) in [6, 6.07) is 16.4. The first-order valence-corrected chi connectivity index (χ1v) is 8.07. The average molecular weight is 329 g/mol. The van der Waals surface area contributed by atoms with Gasteiger partial charge in [0.15, 0.2) is 0 Å². The van der Waals surface area contributed by atoms with Gasteiger partial charge in [0.2, 0.25) is 0 Å². The average Bonchev–Trinajstić information content (AvgIpc) is 2.91. The van der Waals surface area contributed by atoms with E-state index in [2.05, 4.69) is 5.32 Å². The maximum atomic E-state index is 12.3. The van der Waals surface area contributed by atoms with Gasteiger partial charge in [0.1, 0.15) is 5.57 Å². The SMILES string of the molecule is O=C(O)C(C(=O)Nc1ccccc1)=C1Sc2ccccc2S1. The van der Waals surface area contributed by atoms with Crippen LogP contribution in [-0.2, 0) is 9.59 Å². The molecular weight excluding hydrogens is 318 g/mol. The number of fused-ring (bicyclic) bond motifs is 1. The van der Waals surface area contributed by atoms with Crippen molar-refractivity contribution in [1.82, 2.24) is 0 Å². The Morgan fingerprint density at radius 1 is 0.864 bits per heavy atom. The quantitative estimate of drug-likeness (QED) is 0.509. The highest BCUT2D eigenvalue weighted by atomic mass is 32.2. The number of aliphatic carboxylic acids is 1. The number of carboxylic acids is 1. The Labute approximate surface area is 135 Å². The fourth-order valence-corrected chi connectivity index (χ4v) is 4.48. The van der Waals surface area contributed by atoms with Crippen molar-refractivity contribution in [3.05, 3.63) is 64.4 Å². The van der Waals surface area contributed by atoms with Gasteiger partial charge in [0.05, 0.1) is 4.24 Å². The maximum absolute atomic E-state index is 12.3. The van der Waals surface area contributed by atoms with Gasteiger partial charge in [-0.05, 0) is 24.3 Å². The number of para-hydroxylation sites is 1. The lowest BCUT2D eigenvalue weighted by atomic mass is 10.2. The third-order valence-corrected chi connectivity index (χ3v) is 5.49. The Balaban J connectivity index is 1.90. The minimum absolute atomic E-state index is 0.227. The number of amides is 1. The molecule has 1 aliphatic heterocycles. The van der Waals surface area contributed by atoms with E-state index in [4.69, 9.17) is 0 Å². The minimum Gasteiger partial charge on any atom is -0.477 e. The molecule has 3 rings (SSSR count). The molecule has 0 spiro atoms. The summed E-state index contributed by atoms with van der Waals surface area (Å²) >= 11 is 2.62. The van der Waals surface area contributed by atoms with Gasteiger partial charge in [-0.2, -0.15) is 0 Å². The van der Waals surface area contributed by atoms with E-state index in [0.29, 0.717) is 9.92 Å². The molecule has 0 radical (unpaired) electrons. The van der Waals surface area contributed by atoms with Crippen LogP contribution in [0.2, 0.25) is 0 Å². The van der Waals surface area contributed by atoms with Gasteiger partial charge in [-0.25, -0.2) is 4.79 Å². The molecule has 0 atom stereocenters. The van der Waals surface area contributed by atoms with Crippen LogP contribution >= 0.6 is 23.5 Å². The molecule has 6 heteroatoms. The maximum Gasteiger partial charge on any atom is 0.343 e. The lowest BCUT2D eigenvalue weighted by Crippen LogP contribution is -2.21. The molecule has 2 aromatic carbocycles. The predicted molar refractivity (Wildman–Crippen MR) is 87.9 cm³/mol. The number of benzene rings is 2. The van der Waals surface area contributed by atoms with Crippen LogP contribution in [-0.4, -0.2) is 17.0 Å². The summed E-state index contributed by atoms with van der Waals surface area (Å²) in [6.07, 6.45) is 0. The number of nitrogens with one attached hydrogen (secondary N) is 1. The van der Waals surface area contributed by atoms with Crippen LogP contribution in [0.3, 0.4) is 0 Å². The molecule has 1 aliphatic rings. The molecule has 0 fully saturated rings. The zero-order chi connectivity index (χ0) is 15.5. The van der Waals surface area contributed by atoms with Gasteiger partial charge >= 0.3 is 5.97 Å². The molecule has 2 N–H and O–H groups in total. The largest absolute Gasteiger partial charge is 0.477 e. The summed E-state index contributed by atoms with van der Waals surface area (Å²) in [4.78, 5) is 25.8. The van der Waals surface area contributed by atoms with E-state index in [1.165, 1.54) is 23.5 Å². The van der Waals surface area contributed by atoms with Crippen molar-refractivity contribution in [2.45, 2.75) is 9.79 Å². The smallest absolute Gasteiger partial charge is 0.343 e. The zero-order valence-electron chi connectivity index (χ0n) is 11.3. The van der Waals surface area contributed by atoms with E-state index < -0.39 is 11.9 Å². The Kier molecular flexibility index (Phi) is 4.22. The highest BCUT2D eigenvalue weighted by Gasteiger charge is 2.28.